The fraction of sp³-hybridized carbons (Fsp3) is 0.250. The maximum absolute atomic E-state index is 12.5. The van der Waals surface area contributed by atoms with Crippen LogP contribution in [0.3, 0.4) is 0 Å². The highest BCUT2D eigenvalue weighted by atomic mass is 35.5. The molecule has 0 saturated carbocycles. The third-order valence-electron chi connectivity index (χ3n) is 1.79. The van der Waals surface area contributed by atoms with E-state index in [1.54, 1.807) is 0 Å². The second-order valence-electron chi connectivity index (χ2n) is 2.97. The van der Waals surface area contributed by atoms with Crippen LogP contribution in [0.4, 0.5) is 14.5 Å². The molecule has 0 aliphatic carbocycles. The summed E-state index contributed by atoms with van der Waals surface area (Å²) < 4.78 is 25.0. The molecule has 0 unspecified atom stereocenters. The van der Waals surface area contributed by atoms with Gasteiger partial charge in [0, 0.05) is 6.07 Å². The average molecular weight is 267 g/mol. The van der Waals surface area contributed by atoms with Gasteiger partial charge in [0.1, 0.15) is 10.7 Å². The van der Waals surface area contributed by atoms with Crippen molar-refractivity contribution >= 4 is 23.3 Å². The lowest BCUT2D eigenvalue weighted by Crippen LogP contribution is -2.06. The standard InChI is InChI=1S/C8H5ClF2N2O4/c9-7-6(8(10)11)4(13(16)17)1-3(12-7)2-5(14)15/h1,8H,2H2,(H,14,15). The van der Waals surface area contributed by atoms with E-state index in [2.05, 4.69) is 4.98 Å². The zero-order chi connectivity index (χ0) is 13.2. The lowest BCUT2D eigenvalue weighted by Gasteiger charge is -2.05. The fourth-order valence-corrected chi connectivity index (χ4v) is 1.45. The Bertz CT molecular complexity index is 481. The van der Waals surface area contributed by atoms with Crippen LogP contribution in [-0.4, -0.2) is 21.0 Å². The van der Waals surface area contributed by atoms with Crippen LogP contribution in [0.2, 0.25) is 5.15 Å². The largest absolute Gasteiger partial charge is 0.481 e. The van der Waals surface area contributed by atoms with Gasteiger partial charge in [-0.1, -0.05) is 11.6 Å². The van der Waals surface area contributed by atoms with Crippen LogP contribution >= 0.6 is 11.6 Å². The molecular weight excluding hydrogens is 262 g/mol. The summed E-state index contributed by atoms with van der Waals surface area (Å²) in [4.78, 5) is 23.3. The number of aliphatic carboxylic acids is 1. The van der Waals surface area contributed by atoms with E-state index >= 15 is 0 Å². The van der Waals surface area contributed by atoms with Crippen molar-refractivity contribution < 1.29 is 23.6 Å². The smallest absolute Gasteiger partial charge is 0.309 e. The van der Waals surface area contributed by atoms with E-state index in [-0.39, 0.29) is 5.69 Å². The summed E-state index contributed by atoms with van der Waals surface area (Å²) in [7, 11) is 0. The zero-order valence-electron chi connectivity index (χ0n) is 8.06. The van der Waals surface area contributed by atoms with Crippen molar-refractivity contribution in [3.63, 3.8) is 0 Å². The molecule has 1 rings (SSSR count). The van der Waals surface area contributed by atoms with Gasteiger partial charge in [-0.25, -0.2) is 13.8 Å². The second-order valence-corrected chi connectivity index (χ2v) is 3.32. The fourth-order valence-electron chi connectivity index (χ4n) is 1.16. The molecule has 0 spiro atoms. The Labute approximate surface area is 98.0 Å². The number of hydrogen-bond acceptors (Lipinski definition) is 4. The predicted molar refractivity (Wildman–Crippen MR) is 52.2 cm³/mol. The number of carboxylic acid groups (broad SMARTS) is 1. The van der Waals surface area contributed by atoms with Crippen LogP contribution in [0.5, 0.6) is 0 Å². The van der Waals surface area contributed by atoms with Gasteiger partial charge in [0.15, 0.2) is 0 Å². The number of nitro groups is 1. The van der Waals surface area contributed by atoms with E-state index in [1.807, 2.05) is 0 Å². The van der Waals surface area contributed by atoms with Crippen LogP contribution in [-0.2, 0) is 11.2 Å². The second kappa shape index (κ2) is 5.00. The first-order valence-corrected chi connectivity index (χ1v) is 4.54. The minimum absolute atomic E-state index is 0.251. The minimum Gasteiger partial charge on any atom is -0.481 e. The maximum atomic E-state index is 12.5. The highest BCUT2D eigenvalue weighted by Crippen LogP contribution is 2.34. The SMILES string of the molecule is O=C(O)Cc1cc([N+](=O)[O-])c(C(F)F)c(Cl)n1. The number of halogens is 3. The Kier molecular flexibility index (Phi) is 3.89. The molecule has 0 fully saturated rings. The van der Waals surface area contributed by atoms with Crippen molar-refractivity contribution in [2.24, 2.45) is 0 Å². The van der Waals surface area contributed by atoms with E-state index in [0.29, 0.717) is 6.07 Å². The van der Waals surface area contributed by atoms with Gasteiger partial charge in [-0.05, 0) is 0 Å². The highest BCUT2D eigenvalue weighted by molar-refractivity contribution is 6.30. The number of nitrogens with zero attached hydrogens (tertiary/aromatic N) is 2. The van der Waals surface area contributed by atoms with Gasteiger partial charge in [-0.15, -0.1) is 0 Å². The zero-order valence-corrected chi connectivity index (χ0v) is 8.82. The lowest BCUT2D eigenvalue weighted by molar-refractivity contribution is -0.386. The van der Waals surface area contributed by atoms with E-state index in [9.17, 15) is 23.7 Å². The van der Waals surface area contributed by atoms with Gasteiger partial charge in [-0.3, -0.25) is 14.9 Å². The van der Waals surface area contributed by atoms with Crippen LogP contribution < -0.4 is 0 Å². The van der Waals surface area contributed by atoms with Gasteiger partial charge in [0.2, 0.25) is 0 Å². The summed E-state index contributed by atoms with van der Waals surface area (Å²) in [5.41, 5.74) is -2.19. The number of carboxylic acids is 1. The molecule has 9 heteroatoms. The number of hydrogen-bond donors (Lipinski definition) is 1. The number of alkyl halides is 2. The Balaban J connectivity index is 3.35. The number of pyridine rings is 1. The molecule has 1 N–H and O–H groups in total. The molecule has 0 bridgehead atoms. The van der Waals surface area contributed by atoms with Gasteiger partial charge < -0.3 is 5.11 Å². The van der Waals surface area contributed by atoms with Gasteiger partial charge in [0.05, 0.1) is 17.0 Å². The molecule has 0 aliphatic rings. The molecule has 1 aromatic rings. The van der Waals surface area contributed by atoms with Crippen molar-refractivity contribution in [2.75, 3.05) is 0 Å². The molecule has 0 aromatic carbocycles. The lowest BCUT2D eigenvalue weighted by atomic mass is 10.2. The predicted octanol–water partition coefficient (Wildman–Crippen LogP) is 2.21. The normalized spacial score (nSPS) is 10.6. The van der Waals surface area contributed by atoms with E-state index < -0.39 is 40.1 Å². The van der Waals surface area contributed by atoms with Gasteiger partial charge in [-0.2, -0.15) is 0 Å². The molecular formula is C8H5ClF2N2O4. The Morgan fingerprint density at radius 1 is 1.65 bits per heavy atom. The van der Waals surface area contributed by atoms with Gasteiger partial charge >= 0.3 is 5.97 Å². The van der Waals surface area contributed by atoms with Crippen molar-refractivity contribution in [3.05, 3.63) is 32.6 Å². The third-order valence-corrected chi connectivity index (χ3v) is 2.08. The highest BCUT2D eigenvalue weighted by Gasteiger charge is 2.27. The number of carbonyl (C=O) groups is 1. The molecule has 1 aromatic heterocycles. The first-order valence-electron chi connectivity index (χ1n) is 4.16. The molecule has 17 heavy (non-hydrogen) atoms. The molecule has 0 aliphatic heterocycles. The summed E-state index contributed by atoms with van der Waals surface area (Å²) in [6.07, 6.45) is -3.79. The van der Waals surface area contributed by atoms with E-state index in [0.717, 1.165) is 0 Å². The number of aromatic nitrogens is 1. The molecule has 6 nitrogen and oxygen atoms in total. The average Bonchev–Trinajstić information content (AvgIpc) is 2.14. The van der Waals surface area contributed by atoms with E-state index in [1.165, 1.54) is 0 Å². The number of rotatable bonds is 4. The summed E-state index contributed by atoms with van der Waals surface area (Å²) in [6.45, 7) is 0. The Morgan fingerprint density at radius 2 is 2.24 bits per heavy atom. The summed E-state index contributed by atoms with van der Waals surface area (Å²) >= 11 is 5.37. The van der Waals surface area contributed by atoms with Crippen molar-refractivity contribution in [2.45, 2.75) is 12.8 Å². The quantitative estimate of drug-likeness (QED) is 0.512. The first-order chi connectivity index (χ1) is 7.82. The Morgan fingerprint density at radius 3 is 2.65 bits per heavy atom. The summed E-state index contributed by atoms with van der Waals surface area (Å²) in [5, 5.41) is 18.3. The third kappa shape index (κ3) is 3.06. The Hall–Kier alpha value is -1.83. The summed E-state index contributed by atoms with van der Waals surface area (Å²) in [6, 6.07) is 0.682. The molecule has 92 valence electrons. The topological polar surface area (TPSA) is 93.3 Å². The van der Waals surface area contributed by atoms with Crippen LogP contribution in [0.25, 0.3) is 0 Å². The van der Waals surface area contributed by atoms with E-state index in [4.69, 9.17) is 16.7 Å². The van der Waals surface area contributed by atoms with Crippen molar-refractivity contribution in [1.29, 1.82) is 0 Å². The van der Waals surface area contributed by atoms with Crippen molar-refractivity contribution in [1.82, 2.24) is 4.98 Å². The first kappa shape index (κ1) is 13.2. The summed E-state index contributed by atoms with van der Waals surface area (Å²) in [5.74, 6) is -1.30. The molecule has 0 radical (unpaired) electrons. The molecule has 1 heterocycles. The molecule has 0 amide bonds. The maximum Gasteiger partial charge on any atom is 0.309 e. The molecule has 0 saturated heterocycles. The van der Waals surface area contributed by atoms with Crippen LogP contribution in [0, 0.1) is 10.1 Å². The van der Waals surface area contributed by atoms with Crippen LogP contribution in [0.1, 0.15) is 17.7 Å². The monoisotopic (exact) mass is 266 g/mol. The molecule has 0 atom stereocenters. The van der Waals surface area contributed by atoms with Gasteiger partial charge in [0.25, 0.3) is 12.1 Å². The minimum atomic E-state index is -3.16. The van der Waals surface area contributed by atoms with Crippen LogP contribution in [0.15, 0.2) is 6.07 Å². The van der Waals surface area contributed by atoms with Crippen molar-refractivity contribution in [3.8, 4) is 0 Å².